The van der Waals surface area contributed by atoms with E-state index >= 15 is 0 Å². The molecule has 3 nitrogen and oxygen atoms in total. The second-order valence-corrected chi connectivity index (χ2v) is 2.71. The Balaban J connectivity index is 2.54. The summed E-state index contributed by atoms with van der Waals surface area (Å²) in [7, 11) is 0. The van der Waals surface area contributed by atoms with Crippen molar-refractivity contribution in [1.29, 1.82) is 0 Å². The van der Waals surface area contributed by atoms with Crippen LogP contribution in [-0.2, 0) is 13.2 Å². The number of hydrogen-bond donors (Lipinski definition) is 1. The summed E-state index contributed by atoms with van der Waals surface area (Å²) in [5, 5.41) is 8.84. The summed E-state index contributed by atoms with van der Waals surface area (Å²) in [4.78, 5) is 11.2. The predicted molar refractivity (Wildman–Crippen MR) is 39.3 cm³/mol. The molecule has 0 amide bonds. The van der Waals surface area contributed by atoms with Gasteiger partial charge >= 0.3 is 0 Å². The Kier molecular flexibility index (Phi) is 1.32. The first-order valence-corrected chi connectivity index (χ1v) is 3.65. The quantitative estimate of drug-likeness (QED) is 0.637. The van der Waals surface area contributed by atoms with E-state index in [1.54, 1.807) is 6.07 Å². The SMILES string of the molecule is O=C1CCn2ccc(CO)c21. The molecule has 0 aromatic carbocycles. The maximum atomic E-state index is 11.2. The average Bonchev–Trinajstić information content (AvgIpc) is 2.54. The predicted octanol–water partition coefficient (Wildman–Crippen LogP) is 0.567. The number of nitrogens with zero attached hydrogens (tertiary/aromatic N) is 1. The summed E-state index contributed by atoms with van der Waals surface area (Å²) in [5.74, 6) is 0.152. The van der Waals surface area contributed by atoms with Gasteiger partial charge in [-0.2, -0.15) is 0 Å². The number of aliphatic hydroxyl groups is 1. The second-order valence-electron chi connectivity index (χ2n) is 2.71. The molecule has 0 bridgehead atoms. The van der Waals surface area contributed by atoms with Crippen molar-refractivity contribution in [2.75, 3.05) is 0 Å². The largest absolute Gasteiger partial charge is 0.392 e. The Labute approximate surface area is 64.3 Å². The molecule has 0 saturated heterocycles. The number of aromatic nitrogens is 1. The molecule has 3 heteroatoms. The van der Waals surface area contributed by atoms with E-state index in [1.807, 2.05) is 10.8 Å². The fraction of sp³-hybridized carbons (Fsp3) is 0.375. The van der Waals surface area contributed by atoms with Crippen LogP contribution in [0.4, 0.5) is 0 Å². The molecule has 1 N–H and O–H groups in total. The van der Waals surface area contributed by atoms with Gasteiger partial charge in [-0.05, 0) is 6.07 Å². The van der Waals surface area contributed by atoms with Crippen LogP contribution in [-0.4, -0.2) is 15.5 Å². The first-order valence-electron chi connectivity index (χ1n) is 3.65. The minimum absolute atomic E-state index is 0.0337. The van der Waals surface area contributed by atoms with Crippen molar-refractivity contribution in [3.8, 4) is 0 Å². The van der Waals surface area contributed by atoms with E-state index in [2.05, 4.69) is 0 Å². The standard InChI is InChI=1S/C8H9NO2/c10-5-6-1-3-9-4-2-7(11)8(6)9/h1,3,10H,2,4-5H2. The first-order chi connectivity index (χ1) is 5.33. The Hall–Kier alpha value is -1.09. The van der Waals surface area contributed by atoms with Crippen LogP contribution < -0.4 is 0 Å². The highest BCUT2D eigenvalue weighted by Crippen LogP contribution is 2.19. The molecule has 1 aromatic heterocycles. The Bertz CT molecular complexity index is 301. The molecule has 2 rings (SSSR count). The molecule has 2 heterocycles. The molecule has 0 fully saturated rings. The van der Waals surface area contributed by atoms with Crippen LogP contribution in [0.25, 0.3) is 0 Å². The van der Waals surface area contributed by atoms with Gasteiger partial charge in [0.1, 0.15) is 0 Å². The number of carbonyl (C=O) groups is 1. The van der Waals surface area contributed by atoms with E-state index < -0.39 is 0 Å². The monoisotopic (exact) mass is 151 g/mol. The normalized spacial score (nSPS) is 15.5. The van der Waals surface area contributed by atoms with E-state index in [9.17, 15) is 4.79 Å². The Morgan fingerprint density at radius 1 is 1.64 bits per heavy atom. The van der Waals surface area contributed by atoms with Crippen LogP contribution in [0.2, 0.25) is 0 Å². The Morgan fingerprint density at radius 3 is 3.18 bits per heavy atom. The lowest BCUT2D eigenvalue weighted by Crippen LogP contribution is -1.97. The highest BCUT2D eigenvalue weighted by atomic mass is 16.3. The number of ketones is 1. The number of rotatable bonds is 1. The average molecular weight is 151 g/mol. The summed E-state index contributed by atoms with van der Waals surface area (Å²) in [6.45, 7) is 0.738. The topological polar surface area (TPSA) is 42.2 Å². The third-order valence-electron chi connectivity index (χ3n) is 2.06. The van der Waals surface area contributed by atoms with E-state index in [4.69, 9.17) is 5.11 Å². The molecule has 1 aromatic rings. The van der Waals surface area contributed by atoms with Crippen molar-refractivity contribution in [3.05, 3.63) is 23.5 Å². The highest BCUT2D eigenvalue weighted by molar-refractivity contribution is 5.97. The molecule has 0 radical (unpaired) electrons. The zero-order valence-electron chi connectivity index (χ0n) is 6.08. The number of carbonyl (C=O) groups excluding carboxylic acids is 1. The fourth-order valence-electron chi connectivity index (χ4n) is 1.51. The number of Topliss-reactive ketones (excluding diaryl/α,β-unsaturated/α-hetero) is 1. The molecular weight excluding hydrogens is 142 g/mol. The summed E-state index contributed by atoms with van der Waals surface area (Å²) in [6, 6.07) is 1.80. The molecule has 1 aliphatic heterocycles. The molecule has 1 aliphatic rings. The third kappa shape index (κ3) is 0.811. The van der Waals surface area contributed by atoms with Gasteiger partial charge in [-0.3, -0.25) is 4.79 Å². The molecule has 0 spiro atoms. The van der Waals surface area contributed by atoms with Gasteiger partial charge in [0, 0.05) is 24.7 Å². The molecule has 58 valence electrons. The van der Waals surface area contributed by atoms with Gasteiger partial charge in [-0.1, -0.05) is 0 Å². The van der Waals surface area contributed by atoms with Crippen LogP contribution in [0, 0.1) is 0 Å². The molecular formula is C8H9NO2. The van der Waals surface area contributed by atoms with Crippen molar-refractivity contribution in [2.45, 2.75) is 19.6 Å². The van der Waals surface area contributed by atoms with Crippen LogP contribution in [0.3, 0.4) is 0 Å². The Morgan fingerprint density at radius 2 is 2.45 bits per heavy atom. The minimum atomic E-state index is -0.0337. The lowest BCUT2D eigenvalue weighted by molar-refractivity contribution is 0.0991. The third-order valence-corrected chi connectivity index (χ3v) is 2.06. The number of aliphatic hydroxyl groups excluding tert-OH is 1. The van der Waals surface area contributed by atoms with Gasteiger partial charge in [0.05, 0.1) is 12.3 Å². The molecule has 0 unspecified atom stereocenters. The molecule has 0 aliphatic carbocycles. The van der Waals surface area contributed by atoms with Gasteiger partial charge in [0.2, 0.25) is 0 Å². The summed E-state index contributed by atoms with van der Waals surface area (Å²) in [6.07, 6.45) is 2.44. The highest BCUT2D eigenvalue weighted by Gasteiger charge is 2.21. The van der Waals surface area contributed by atoms with Crippen molar-refractivity contribution in [3.63, 3.8) is 0 Å². The van der Waals surface area contributed by atoms with Crippen molar-refractivity contribution < 1.29 is 9.90 Å². The van der Waals surface area contributed by atoms with E-state index in [0.717, 1.165) is 12.1 Å². The zero-order valence-corrected chi connectivity index (χ0v) is 6.08. The number of hydrogen-bond acceptors (Lipinski definition) is 2. The van der Waals surface area contributed by atoms with Crippen LogP contribution in [0.1, 0.15) is 22.5 Å². The van der Waals surface area contributed by atoms with Gasteiger partial charge in [-0.15, -0.1) is 0 Å². The smallest absolute Gasteiger partial charge is 0.181 e. The lowest BCUT2D eigenvalue weighted by Gasteiger charge is -1.94. The first kappa shape index (κ1) is 6.61. The zero-order chi connectivity index (χ0) is 7.84. The van der Waals surface area contributed by atoms with E-state index in [1.165, 1.54) is 0 Å². The molecule has 0 saturated carbocycles. The van der Waals surface area contributed by atoms with Gasteiger partial charge in [0.25, 0.3) is 0 Å². The summed E-state index contributed by atoms with van der Waals surface area (Å²) in [5.41, 5.74) is 1.46. The summed E-state index contributed by atoms with van der Waals surface area (Å²) >= 11 is 0. The van der Waals surface area contributed by atoms with Crippen molar-refractivity contribution >= 4 is 5.78 Å². The van der Waals surface area contributed by atoms with Crippen LogP contribution in [0.15, 0.2) is 12.3 Å². The van der Waals surface area contributed by atoms with Gasteiger partial charge in [-0.25, -0.2) is 0 Å². The van der Waals surface area contributed by atoms with Gasteiger partial charge in [0.15, 0.2) is 5.78 Å². The summed E-state index contributed by atoms with van der Waals surface area (Å²) < 4.78 is 1.90. The maximum absolute atomic E-state index is 11.2. The number of aryl methyl sites for hydroxylation is 1. The lowest BCUT2D eigenvalue weighted by atomic mass is 10.2. The van der Waals surface area contributed by atoms with Crippen LogP contribution in [0.5, 0.6) is 0 Å². The number of fused-ring (bicyclic) bond motifs is 1. The maximum Gasteiger partial charge on any atom is 0.181 e. The second kappa shape index (κ2) is 2.20. The minimum Gasteiger partial charge on any atom is -0.392 e. The van der Waals surface area contributed by atoms with Crippen molar-refractivity contribution in [1.82, 2.24) is 4.57 Å². The van der Waals surface area contributed by atoms with Crippen molar-refractivity contribution in [2.24, 2.45) is 0 Å². The molecule has 11 heavy (non-hydrogen) atoms. The van der Waals surface area contributed by atoms with E-state index in [0.29, 0.717) is 12.1 Å². The fourth-order valence-corrected chi connectivity index (χ4v) is 1.51. The molecule has 0 atom stereocenters. The van der Waals surface area contributed by atoms with E-state index in [-0.39, 0.29) is 12.4 Å². The van der Waals surface area contributed by atoms with Crippen LogP contribution >= 0.6 is 0 Å². The van der Waals surface area contributed by atoms with Gasteiger partial charge < -0.3 is 9.67 Å².